The zero-order chi connectivity index (χ0) is 12.6. The Labute approximate surface area is 97.5 Å². The van der Waals surface area contributed by atoms with E-state index in [9.17, 15) is 4.79 Å². The van der Waals surface area contributed by atoms with Gasteiger partial charge in [0.2, 0.25) is 0 Å². The number of nitrogens with zero attached hydrogens (tertiary/aromatic N) is 3. The van der Waals surface area contributed by atoms with Crippen molar-refractivity contribution in [3.8, 4) is 0 Å². The summed E-state index contributed by atoms with van der Waals surface area (Å²) in [5.74, 6) is -0.229. The lowest BCUT2D eigenvalue weighted by Crippen LogP contribution is -2.18. The Hall–Kier alpha value is -2.31. The van der Waals surface area contributed by atoms with Crippen LogP contribution in [-0.2, 0) is 0 Å². The standard InChI is InChI=1S/C10H12N6O/c1-2-3-4(11)9-14-6-5(7(12)15-9)8(13)16-10(6)17/h11H,2-3H2,1H3,(H2,12,14,15)(H2,13,16,17). The highest BCUT2D eigenvalue weighted by molar-refractivity contribution is 6.21. The summed E-state index contributed by atoms with van der Waals surface area (Å²) in [5.41, 5.74) is 11.9. The Morgan fingerprint density at radius 3 is 2.71 bits per heavy atom. The maximum absolute atomic E-state index is 11.5. The minimum atomic E-state index is -0.530. The Bertz CT molecular complexity index is 548. The third kappa shape index (κ3) is 1.75. The highest BCUT2D eigenvalue weighted by atomic mass is 16.1. The van der Waals surface area contributed by atoms with Crippen molar-refractivity contribution in [3.05, 3.63) is 17.1 Å². The van der Waals surface area contributed by atoms with Crippen molar-refractivity contribution in [2.45, 2.75) is 19.8 Å². The van der Waals surface area contributed by atoms with Gasteiger partial charge < -0.3 is 16.9 Å². The van der Waals surface area contributed by atoms with Gasteiger partial charge in [-0.3, -0.25) is 4.79 Å². The van der Waals surface area contributed by atoms with Crippen molar-refractivity contribution in [2.24, 2.45) is 10.7 Å². The smallest absolute Gasteiger partial charge is 0.298 e. The lowest BCUT2D eigenvalue weighted by molar-refractivity contribution is 0.100. The van der Waals surface area contributed by atoms with Gasteiger partial charge in [0.1, 0.15) is 17.3 Å². The molecule has 1 aromatic heterocycles. The number of fused-ring (bicyclic) bond motifs is 1. The molecule has 0 aliphatic carbocycles. The van der Waals surface area contributed by atoms with Crippen molar-refractivity contribution in [2.75, 3.05) is 5.73 Å². The SMILES string of the molecule is CCCC(=N)c1nc(N)c2c(n1)C(=O)N=C2N. The molecular formula is C10H12N6O. The molecular weight excluding hydrogens is 220 g/mol. The molecule has 17 heavy (non-hydrogen) atoms. The Morgan fingerprint density at radius 1 is 1.35 bits per heavy atom. The van der Waals surface area contributed by atoms with Crippen LogP contribution in [0.4, 0.5) is 5.82 Å². The van der Waals surface area contributed by atoms with Crippen molar-refractivity contribution >= 4 is 23.3 Å². The van der Waals surface area contributed by atoms with Gasteiger partial charge in [0, 0.05) is 0 Å². The number of anilines is 1. The molecule has 0 atom stereocenters. The minimum Gasteiger partial charge on any atom is -0.383 e. The van der Waals surface area contributed by atoms with E-state index in [0.29, 0.717) is 6.42 Å². The first-order valence-electron chi connectivity index (χ1n) is 5.18. The second-order valence-electron chi connectivity index (χ2n) is 3.69. The van der Waals surface area contributed by atoms with E-state index >= 15 is 0 Å². The topological polar surface area (TPSA) is 131 Å². The molecule has 5 N–H and O–H groups in total. The molecule has 0 unspecified atom stereocenters. The summed E-state index contributed by atoms with van der Waals surface area (Å²) < 4.78 is 0. The number of hydrogen-bond donors (Lipinski definition) is 3. The van der Waals surface area contributed by atoms with Crippen LogP contribution in [0, 0.1) is 5.41 Å². The van der Waals surface area contributed by atoms with Crippen molar-refractivity contribution in [3.63, 3.8) is 0 Å². The van der Waals surface area contributed by atoms with Crippen LogP contribution < -0.4 is 11.5 Å². The molecule has 1 aliphatic heterocycles. The fourth-order valence-corrected chi connectivity index (χ4v) is 1.60. The summed E-state index contributed by atoms with van der Waals surface area (Å²) in [6, 6.07) is 0. The van der Waals surface area contributed by atoms with E-state index in [0.717, 1.165) is 6.42 Å². The van der Waals surface area contributed by atoms with Crippen LogP contribution in [0.1, 0.15) is 41.6 Å². The molecule has 0 saturated heterocycles. The van der Waals surface area contributed by atoms with E-state index < -0.39 is 5.91 Å². The summed E-state index contributed by atoms with van der Waals surface area (Å²) in [5, 5.41) is 7.74. The van der Waals surface area contributed by atoms with E-state index in [2.05, 4.69) is 15.0 Å². The zero-order valence-corrected chi connectivity index (χ0v) is 9.32. The van der Waals surface area contributed by atoms with E-state index in [-0.39, 0.29) is 34.4 Å². The van der Waals surface area contributed by atoms with Gasteiger partial charge in [-0.25, -0.2) is 9.97 Å². The molecule has 0 bridgehead atoms. The van der Waals surface area contributed by atoms with Gasteiger partial charge >= 0.3 is 0 Å². The lowest BCUT2D eigenvalue weighted by Gasteiger charge is -2.06. The zero-order valence-electron chi connectivity index (χ0n) is 9.32. The van der Waals surface area contributed by atoms with Crippen molar-refractivity contribution in [1.29, 1.82) is 5.41 Å². The van der Waals surface area contributed by atoms with Crippen LogP contribution >= 0.6 is 0 Å². The van der Waals surface area contributed by atoms with Gasteiger partial charge in [0.05, 0.1) is 11.3 Å². The van der Waals surface area contributed by atoms with Crippen molar-refractivity contribution < 1.29 is 4.79 Å². The van der Waals surface area contributed by atoms with E-state index in [4.69, 9.17) is 16.9 Å². The van der Waals surface area contributed by atoms with Gasteiger partial charge in [0.25, 0.3) is 5.91 Å². The number of aromatic nitrogens is 2. The third-order valence-corrected chi connectivity index (χ3v) is 2.39. The quantitative estimate of drug-likeness (QED) is 0.635. The third-order valence-electron chi connectivity index (χ3n) is 2.39. The molecule has 1 amide bonds. The molecule has 0 saturated carbocycles. The first-order valence-corrected chi connectivity index (χ1v) is 5.18. The summed E-state index contributed by atoms with van der Waals surface area (Å²) in [6.45, 7) is 1.94. The van der Waals surface area contributed by atoms with Crippen LogP contribution in [0.3, 0.4) is 0 Å². The van der Waals surface area contributed by atoms with Crippen LogP contribution in [0.25, 0.3) is 0 Å². The number of hydrogen-bond acceptors (Lipinski definition) is 6. The van der Waals surface area contributed by atoms with Crippen LogP contribution in [0.5, 0.6) is 0 Å². The molecule has 0 fully saturated rings. The van der Waals surface area contributed by atoms with Gasteiger partial charge in [-0.1, -0.05) is 13.3 Å². The second-order valence-corrected chi connectivity index (χ2v) is 3.69. The molecule has 1 aromatic rings. The normalized spacial score (nSPS) is 13.5. The van der Waals surface area contributed by atoms with E-state index in [1.54, 1.807) is 0 Å². The molecule has 0 spiro atoms. The first-order chi connectivity index (χ1) is 8.04. The maximum Gasteiger partial charge on any atom is 0.298 e. The van der Waals surface area contributed by atoms with Gasteiger partial charge in [-0.2, -0.15) is 4.99 Å². The highest BCUT2D eigenvalue weighted by Crippen LogP contribution is 2.20. The number of carbonyl (C=O) groups is 1. The summed E-state index contributed by atoms with van der Waals surface area (Å²) in [4.78, 5) is 23.0. The summed E-state index contributed by atoms with van der Waals surface area (Å²) >= 11 is 0. The number of nitrogens with one attached hydrogen (secondary N) is 1. The predicted molar refractivity (Wildman–Crippen MR) is 63.2 cm³/mol. The molecule has 88 valence electrons. The molecule has 2 rings (SSSR count). The predicted octanol–water partition coefficient (Wildman–Crippen LogP) is 0.0859. The fraction of sp³-hybridized carbons (Fsp3) is 0.300. The van der Waals surface area contributed by atoms with E-state index in [1.165, 1.54) is 0 Å². The first kappa shape index (κ1) is 11.2. The average molecular weight is 232 g/mol. The maximum atomic E-state index is 11.5. The Balaban J connectivity index is 2.51. The van der Waals surface area contributed by atoms with Gasteiger partial charge in [-0.05, 0) is 6.42 Å². The lowest BCUT2D eigenvalue weighted by atomic mass is 10.1. The van der Waals surface area contributed by atoms with E-state index in [1.807, 2.05) is 6.92 Å². The number of nitrogens with two attached hydrogens (primary N) is 2. The number of amides is 1. The largest absolute Gasteiger partial charge is 0.383 e. The number of nitrogen functional groups attached to an aromatic ring is 1. The Kier molecular flexibility index (Phi) is 2.58. The fourth-order valence-electron chi connectivity index (χ4n) is 1.60. The molecule has 7 nitrogen and oxygen atoms in total. The van der Waals surface area contributed by atoms with Crippen LogP contribution in [-0.4, -0.2) is 27.4 Å². The minimum absolute atomic E-state index is 0.0380. The molecule has 7 heteroatoms. The molecule has 1 aliphatic rings. The van der Waals surface area contributed by atoms with Crippen LogP contribution in [0.15, 0.2) is 4.99 Å². The van der Waals surface area contributed by atoms with Gasteiger partial charge in [-0.15, -0.1) is 0 Å². The number of amidine groups is 1. The summed E-state index contributed by atoms with van der Waals surface area (Å²) in [7, 11) is 0. The number of carbonyl (C=O) groups excluding carboxylic acids is 1. The average Bonchev–Trinajstić information content (AvgIpc) is 2.55. The Morgan fingerprint density at radius 2 is 2.06 bits per heavy atom. The molecule has 0 radical (unpaired) electrons. The molecule has 0 aromatic carbocycles. The second kappa shape index (κ2) is 3.93. The highest BCUT2D eigenvalue weighted by Gasteiger charge is 2.27. The summed E-state index contributed by atoms with van der Waals surface area (Å²) in [6.07, 6.45) is 1.33. The number of rotatable bonds is 3. The van der Waals surface area contributed by atoms with Crippen LogP contribution in [0.2, 0.25) is 0 Å². The monoisotopic (exact) mass is 232 g/mol. The van der Waals surface area contributed by atoms with Gasteiger partial charge in [0.15, 0.2) is 5.82 Å². The number of aliphatic imine (C=N–C) groups is 1. The molecule has 2 heterocycles. The van der Waals surface area contributed by atoms with Crippen molar-refractivity contribution in [1.82, 2.24) is 9.97 Å².